The maximum atomic E-state index is 7.79. The Morgan fingerprint density at radius 2 is 0.727 bits per heavy atom. The SMILES string of the molecule is CC(C)(C)c1ccc2c3c1Oc1c(C(C)(C)C)cc(C(C)(C)C)c4c1B3c1c(ccc(C(C)(C)Cc3cccc(N5c6ccccc6B6c7ccccc7N(c7ccccc7)c7cccc5c76)c3)c1O4)N2c1ccccc1. The lowest BCUT2D eigenvalue weighted by molar-refractivity contribution is 0.413. The Morgan fingerprint density at radius 1 is 0.325 bits per heavy atom. The largest absolute Gasteiger partial charge is 0.458 e. The molecule has 0 aliphatic carbocycles. The zero-order chi connectivity index (χ0) is 53.1. The number of anilines is 9. The van der Waals surface area contributed by atoms with Gasteiger partial charge < -0.3 is 24.2 Å². The topological polar surface area (TPSA) is 28.2 Å². The average Bonchev–Trinajstić information content (AvgIpc) is 3.55. The van der Waals surface area contributed by atoms with E-state index < -0.39 is 0 Å². The Morgan fingerprint density at radius 3 is 1.26 bits per heavy atom. The number of para-hydroxylation sites is 4. The number of nitrogens with zero attached hydrogens (tertiary/aromatic N) is 3. The normalized spacial score (nSPS) is 14.6. The Labute approximate surface area is 456 Å². The fraction of sp³-hybridized carbons (Fsp3) is 0.229. The van der Waals surface area contributed by atoms with Crippen LogP contribution in [0, 0.1) is 0 Å². The first kappa shape index (κ1) is 47.6. The molecule has 378 valence electrons. The van der Waals surface area contributed by atoms with Gasteiger partial charge in [0.1, 0.15) is 23.0 Å². The van der Waals surface area contributed by atoms with Crippen molar-refractivity contribution in [3.63, 3.8) is 0 Å². The maximum Gasteiger partial charge on any atom is 0.266 e. The fourth-order valence-corrected chi connectivity index (χ4v) is 13.7. The zero-order valence-electron chi connectivity index (χ0n) is 46.3. The van der Waals surface area contributed by atoms with Crippen LogP contribution in [0.5, 0.6) is 23.0 Å². The molecule has 7 heteroatoms. The predicted octanol–water partition coefficient (Wildman–Crippen LogP) is 14.7. The van der Waals surface area contributed by atoms with Crippen LogP contribution >= 0.6 is 0 Å². The minimum absolute atomic E-state index is 0.0876. The van der Waals surface area contributed by atoms with Gasteiger partial charge in [-0.1, -0.05) is 179 Å². The third-order valence-corrected chi connectivity index (χ3v) is 17.2. The van der Waals surface area contributed by atoms with Crippen LogP contribution in [0.3, 0.4) is 0 Å². The monoisotopic (exact) mass is 1000 g/mol. The first-order chi connectivity index (χ1) is 36.9. The third-order valence-electron chi connectivity index (χ3n) is 17.2. The summed E-state index contributed by atoms with van der Waals surface area (Å²) in [6.07, 6.45) is 0.787. The van der Waals surface area contributed by atoms with E-state index >= 15 is 0 Å². The summed E-state index contributed by atoms with van der Waals surface area (Å²) in [7, 11) is 0. The lowest BCUT2D eigenvalue weighted by atomic mass is 9.32. The van der Waals surface area contributed by atoms with Gasteiger partial charge in [0.15, 0.2) is 0 Å². The first-order valence-electron chi connectivity index (χ1n) is 27.7. The van der Waals surface area contributed by atoms with Gasteiger partial charge in [0.2, 0.25) is 0 Å². The molecule has 0 atom stereocenters. The summed E-state index contributed by atoms with van der Waals surface area (Å²) in [6, 6.07) is 67.8. The van der Waals surface area contributed by atoms with Crippen LogP contribution < -0.4 is 57.0 Å². The molecule has 0 fully saturated rings. The first-order valence-corrected chi connectivity index (χ1v) is 27.7. The molecule has 5 heterocycles. The smallest absolute Gasteiger partial charge is 0.266 e. The van der Waals surface area contributed by atoms with Crippen molar-refractivity contribution in [2.75, 3.05) is 14.7 Å². The van der Waals surface area contributed by atoms with E-state index in [9.17, 15) is 0 Å². The number of hydrogen-bond acceptors (Lipinski definition) is 5. The molecule has 77 heavy (non-hydrogen) atoms. The highest BCUT2D eigenvalue weighted by Gasteiger charge is 2.53. The van der Waals surface area contributed by atoms with E-state index in [1.165, 1.54) is 77.9 Å². The second-order valence-corrected chi connectivity index (χ2v) is 25.8. The van der Waals surface area contributed by atoms with E-state index in [2.05, 4.69) is 273 Å². The molecule has 0 unspecified atom stereocenters. The van der Waals surface area contributed by atoms with Crippen molar-refractivity contribution in [1.82, 2.24) is 0 Å². The summed E-state index contributed by atoms with van der Waals surface area (Å²) in [5.74, 6) is 3.85. The highest BCUT2D eigenvalue weighted by atomic mass is 16.5. The molecule has 0 amide bonds. The Kier molecular flexibility index (Phi) is 10.2. The molecular weight excluding hydrogens is 936 g/mol. The maximum absolute atomic E-state index is 7.79. The molecule has 9 aromatic carbocycles. The van der Waals surface area contributed by atoms with E-state index in [4.69, 9.17) is 9.47 Å². The van der Waals surface area contributed by atoms with Gasteiger partial charge >= 0.3 is 0 Å². The molecule has 5 nitrogen and oxygen atoms in total. The summed E-state index contributed by atoms with van der Waals surface area (Å²) in [4.78, 5) is 7.43. The predicted molar refractivity (Wildman–Crippen MR) is 326 cm³/mol. The number of rotatable bonds is 6. The molecule has 9 aromatic rings. The molecule has 0 spiro atoms. The zero-order valence-corrected chi connectivity index (χ0v) is 46.3. The second kappa shape index (κ2) is 16.6. The molecule has 0 aromatic heterocycles. The number of fused-ring (bicyclic) bond motifs is 4. The van der Waals surface area contributed by atoms with Crippen molar-refractivity contribution in [1.29, 1.82) is 0 Å². The quantitative estimate of drug-likeness (QED) is 0.155. The Balaban J connectivity index is 0.939. The van der Waals surface area contributed by atoms with Gasteiger partial charge in [-0.15, -0.1) is 0 Å². The summed E-state index contributed by atoms with van der Waals surface area (Å²) < 4.78 is 15.3. The fourth-order valence-electron chi connectivity index (χ4n) is 13.7. The van der Waals surface area contributed by atoms with Crippen LogP contribution in [0.4, 0.5) is 51.2 Å². The molecular formula is C70H65B2N3O2. The van der Waals surface area contributed by atoms with Gasteiger partial charge in [-0.05, 0) is 145 Å². The summed E-state index contributed by atoms with van der Waals surface area (Å²) in [5, 5.41) is 0. The second-order valence-electron chi connectivity index (χ2n) is 25.8. The molecule has 0 bridgehead atoms. The van der Waals surface area contributed by atoms with E-state index in [-0.39, 0.29) is 35.1 Å². The van der Waals surface area contributed by atoms with Gasteiger partial charge in [0, 0.05) is 73.3 Å². The van der Waals surface area contributed by atoms with Gasteiger partial charge in [-0.2, -0.15) is 0 Å². The van der Waals surface area contributed by atoms with Crippen molar-refractivity contribution in [3.8, 4) is 23.0 Å². The van der Waals surface area contributed by atoms with Crippen LogP contribution in [0.15, 0.2) is 182 Å². The molecule has 0 saturated carbocycles. The van der Waals surface area contributed by atoms with Crippen LogP contribution in [0.1, 0.15) is 104 Å². The summed E-state index contributed by atoms with van der Waals surface area (Å²) in [6.45, 7) is 25.7. The summed E-state index contributed by atoms with van der Waals surface area (Å²) >= 11 is 0. The van der Waals surface area contributed by atoms with Crippen molar-refractivity contribution in [3.05, 3.63) is 210 Å². The van der Waals surface area contributed by atoms with E-state index in [1.54, 1.807) is 0 Å². The van der Waals surface area contributed by atoms with Crippen LogP contribution in [0.2, 0.25) is 0 Å². The highest BCUT2D eigenvalue weighted by molar-refractivity contribution is 7.01. The van der Waals surface area contributed by atoms with E-state index in [0.29, 0.717) is 0 Å². The molecule has 0 radical (unpaired) electrons. The van der Waals surface area contributed by atoms with Gasteiger partial charge in [0.05, 0.1) is 0 Å². The minimum Gasteiger partial charge on any atom is -0.458 e. The van der Waals surface area contributed by atoms with Gasteiger partial charge in [0.25, 0.3) is 13.4 Å². The Bertz CT molecular complexity index is 3920. The lowest BCUT2D eigenvalue weighted by Crippen LogP contribution is -2.62. The number of ether oxygens (including phenoxy) is 2. The molecule has 0 N–H and O–H groups in total. The standard InChI is InChI=1S/C70H65B2N3O2/c1-67(2,3)47-36-38-57-60-63(47)76-65-49(68(4,5)6)41-50(69(7,8)9)66-62(65)72(60)61-58(74(57)45-27-16-13-17-28-45)39-37-48(64(61)77-66)70(10,11)42-43-24-22-29-46(40-43)75-54-33-21-19-31-52(54)71-51-30-18-20-32-53(51)73(44-25-14-12-15-26-44)55-34-23-35-56(75)59(55)71/h12-41H,42H2,1-11H3. The molecule has 14 rings (SSSR count). The van der Waals surface area contributed by atoms with E-state index in [1.807, 2.05) is 0 Å². The molecule has 0 saturated heterocycles. The van der Waals surface area contributed by atoms with Crippen molar-refractivity contribution >= 4 is 97.4 Å². The molecule has 5 aliphatic heterocycles. The van der Waals surface area contributed by atoms with Crippen molar-refractivity contribution < 1.29 is 9.47 Å². The van der Waals surface area contributed by atoms with Crippen LogP contribution in [-0.2, 0) is 28.1 Å². The van der Waals surface area contributed by atoms with E-state index in [0.717, 1.165) is 63.3 Å². The highest BCUT2D eigenvalue weighted by Crippen LogP contribution is 2.54. The van der Waals surface area contributed by atoms with Gasteiger partial charge in [-0.3, -0.25) is 0 Å². The van der Waals surface area contributed by atoms with Crippen LogP contribution in [-0.4, -0.2) is 13.4 Å². The third kappa shape index (κ3) is 7.08. The van der Waals surface area contributed by atoms with Crippen LogP contribution in [0.25, 0.3) is 0 Å². The number of benzene rings is 9. The van der Waals surface area contributed by atoms with Crippen molar-refractivity contribution in [2.45, 2.75) is 104 Å². The van der Waals surface area contributed by atoms with Gasteiger partial charge in [-0.25, -0.2) is 0 Å². The average molecular weight is 1000 g/mol. The molecule has 5 aliphatic rings. The number of hydrogen-bond donors (Lipinski definition) is 0. The summed E-state index contributed by atoms with van der Waals surface area (Å²) in [5.41, 5.74) is 23.3. The van der Waals surface area contributed by atoms with Crippen molar-refractivity contribution in [2.24, 2.45) is 0 Å². The lowest BCUT2D eigenvalue weighted by Gasteiger charge is -2.47. The Hall–Kier alpha value is -7.89. The minimum atomic E-state index is -0.369.